The van der Waals surface area contributed by atoms with Crippen molar-refractivity contribution in [3.63, 3.8) is 0 Å². The van der Waals surface area contributed by atoms with E-state index in [1.54, 1.807) is 0 Å². The minimum atomic E-state index is -1.36. The molecule has 0 radical (unpaired) electrons. The quantitative estimate of drug-likeness (QED) is 0.710. The van der Waals surface area contributed by atoms with E-state index in [0.29, 0.717) is 18.7 Å². The summed E-state index contributed by atoms with van der Waals surface area (Å²) in [6.07, 6.45) is -0.817. The van der Waals surface area contributed by atoms with E-state index in [1.807, 2.05) is 60.7 Å². The van der Waals surface area contributed by atoms with E-state index >= 15 is 0 Å². The van der Waals surface area contributed by atoms with Crippen molar-refractivity contribution in [1.29, 1.82) is 0 Å². The van der Waals surface area contributed by atoms with Crippen LogP contribution in [0, 0.1) is 0 Å². The zero-order valence-corrected chi connectivity index (χ0v) is 15.4. The SMILES string of the molecule is O=c1cc(-c2ccccc2)c(-c2ccccc2)nn1CC(O)C1(O)CCOC1. The average Bonchev–Trinajstić information content (AvgIpc) is 3.18. The smallest absolute Gasteiger partial charge is 0.267 e. The van der Waals surface area contributed by atoms with E-state index < -0.39 is 11.7 Å². The number of aliphatic hydroxyl groups excluding tert-OH is 1. The lowest BCUT2D eigenvalue weighted by Crippen LogP contribution is -2.47. The Balaban J connectivity index is 1.78. The fraction of sp³-hybridized carbons (Fsp3) is 0.273. The molecular formula is C22H22N2O4. The van der Waals surface area contributed by atoms with Gasteiger partial charge in [0.2, 0.25) is 0 Å². The maximum absolute atomic E-state index is 12.7. The van der Waals surface area contributed by atoms with Gasteiger partial charge < -0.3 is 14.9 Å². The van der Waals surface area contributed by atoms with Crippen molar-refractivity contribution in [2.45, 2.75) is 24.7 Å². The number of nitrogens with zero attached hydrogens (tertiary/aromatic N) is 2. The third-order valence-corrected chi connectivity index (χ3v) is 5.13. The van der Waals surface area contributed by atoms with Gasteiger partial charge in [-0.15, -0.1) is 0 Å². The zero-order chi connectivity index (χ0) is 19.6. The Morgan fingerprint density at radius 3 is 2.32 bits per heavy atom. The van der Waals surface area contributed by atoms with E-state index in [9.17, 15) is 15.0 Å². The van der Waals surface area contributed by atoms with Crippen LogP contribution in [0.15, 0.2) is 71.5 Å². The molecule has 1 aromatic heterocycles. The molecule has 1 fully saturated rings. The van der Waals surface area contributed by atoms with Gasteiger partial charge in [-0.2, -0.15) is 5.10 Å². The molecule has 2 aromatic carbocycles. The number of hydrogen-bond donors (Lipinski definition) is 2. The van der Waals surface area contributed by atoms with Gasteiger partial charge in [0.25, 0.3) is 5.56 Å². The number of aliphatic hydroxyl groups is 2. The summed E-state index contributed by atoms with van der Waals surface area (Å²) < 4.78 is 6.42. The lowest BCUT2D eigenvalue weighted by Gasteiger charge is -2.27. The first kappa shape index (κ1) is 18.6. The molecule has 144 valence electrons. The maximum atomic E-state index is 12.7. The maximum Gasteiger partial charge on any atom is 0.267 e. The fourth-order valence-corrected chi connectivity index (χ4v) is 3.43. The Bertz CT molecular complexity index is 996. The minimum absolute atomic E-state index is 0.0521. The molecule has 1 saturated heterocycles. The average molecular weight is 378 g/mol. The highest BCUT2D eigenvalue weighted by Gasteiger charge is 2.40. The van der Waals surface area contributed by atoms with Crippen LogP contribution in [0.2, 0.25) is 0 Å². The number of ether oxygens (including phenoxy) is 1. The van der Waals surface area contributed by atoms with Gasteiger partial charge in [-0.25, -0.2) is 4.68 Å². The van der Waals surface area contributed by atoms with Crippen molar-refractivity contribution in [1.82, 2.24) is 9.78 Å². The highest BCUT2D eigenvalue weighted by molar-refractivity contribution is 5.80. The molecule has 0 aliphatic carbocycles. The summed E-state index contributed by atoms with van der Waals surface area (Å²) in [4.78, 5) is 12.7. The molecule has 4 rings (SSSR count). The van der Waals surface area contributed by atoms with E-state index in [4.69, 9.17) is 4.74 Å². The van der Waals surface area contributed by atoms with Gasteiger partial charge in [0, 0.05) is 30.2 Å². The predicted molar refractivity (Wildman–Crippen MR) is 106 cm³/mol. The molecule has 2 atom stereocenters. The van der Waals surface area contributed by atoms with Crippen LogP contribution < -0.4 is 5.56 Å². The van der Waals surface area contributed by atoms with Crippen LogP contribution in [0.4, 0.5) is 0 Å². The van der Waals surface area contributed by atoms with Crippen molar-refractivity contribution in [2.75, 3.05) is 13.2 Å². The third kappa shape index (κ3) is 3.62. The van der Waals surface area contributed by atoms with Crippen LogP contribution in [0.25, 0.3) is 22.4 Å². The Hall–Kier alpha value is -2.80. The van der Waals surface area contributed by atoms with Gasteiger partial charge in [-0.1, -0.05) is 60.7 Å². The van der Waals surface area contributed by atoms with Gasteiger partial charge >= 0.3 is 0 Å². The molecule has 2 heterocycles. The number of hydrogen-bond acceptors (Lipinski definition) is 5. The van der Waals surface area contributed by atoms with E-state index in [1.165, 1.54) is 10.7 Å². The molecule has 0 spiro atoms. The molecule has 1 aliphatic rings. The van der Waals surface area contributed by atoms with E-state index in [-0.39, 0.29) is 18.7 Å². The van der Waals surface area contributed by atoms with Gasteiger partial charge in [0.1, 0.15) is 11.7 Å². The molecule has 6 heteroatoms. The molecule has 1 aliphatic heterocycles. The van der Waals surface area contributed by atoms with Crippen LogP contribution in [0.5, 0.6) is 0 Å². The van der Waals surface area contributed by atoms with E-state index in [0.717, 1.165) is 16.7 Å². The van der Waals surface area contributed by atoms with Crippen molar-refractivity contribution in [3.8, 4) is 22.4 Å². The van der Waals surface area contributed by atoms with Gasteiger partial charge in [-0.05, 0) is 5.56 Å². The van der Waals surface area contributed by atoms with Crippen molar-refractivity contribution < 1.29 is 14.9 Å². The summed E-state index contributed by atoms with van der Waals surface area (Å²) >= 11 is 0. The summed E-state index contributed by atoms with van der Waals surface area (Å²) in [5.74, 6) is 0. The van der Waals surface area contributed by atoms with Crippen molar-refractivity contribution >= 4 is 0 Å². The zero-order valence-electron chi connectivity index (χ0n) is 15.4. The largest absolute Gasteiger partial charge is 0.388 e. The van der Waals surface area contributed by atoms with Crippen molar-refractivity contribution in [2.24, 2.45) is 0 Å². The second-order valence-electron chi connectivity index (χ2n) is 7.08. The molecule has 2 unspecified atom stereocenters. The highest BCUT2D eigenvalue weighted by Crippen LogP contribution is 2.29. The summed E-state index contributed by atoms with van der Waals surface area (Å²) in [5.41, 5.74) is 1.44. The number of aromatic nitrogens is 2. The molecule has 0 amide bonds. The molecule has 2 N–H and O–H groups in total. The Morgan fingerprint density at radius 2 is 1.71 bits per heavy atom. The van der Waals surface area contributed by atoms with Crippen LogP contribution in [0.1, 0.15) is 6.42 Å². The summed E-state index contributed by atoms with van der Waals surface area (Å²) in [5, 5.41) is 25.6. The van der Waals surface area contributed by atoms with Crippen LogP contribution in [-0.2, 0) is 11.3 Å². The Morgan fingerprint density at radius 1 is 1.07 bits per heavy atom. The second-order valence-corrected chi connectivity index (χ2v) is 7.08. The first-order chi connectivity index (χ1) is 13.6. The molecule has 3 aromatic rings. The lowest BCUT2D eigenvalue weighted by atomic mass is 9.96. The molecule has 0 saturated carbocycles. The second kappa shape index (κ2) is 7.67. The first-order valence-electron chi connectivity index (χ1n) is 9.28. The third-order valence-electron chi connectivity index (χ3n) is 5.13. The van der Waals surface area contributed by atoms with Gasteiger partial charge in [0.05, 0.1) is 18.8 Å². The summed E-state index contributed by atoms with van der Waals surface area (Å²) in [7, 11) is 0. The molecule has 6 nitrogen and oxygen atoms in total. The fourth-order valence-electron chi connectivity index (χ4n) is 3.43. The lowest BCUT2D eigenvalue weighted by molar-refractivity contribution is -0.0841. The van der Waals surface area contributed by atoms with Crippen molar-refractivity contribution in [3.05, 3.63) is 77.1 Å². The van der Waals surface area contributed by atoms with Gasteiger partial charge in [0.15, 0.2) is 0 Å². The molecule has 0 bridgehead atoms. The van der Waals surface area contributed by atoms with Gasteiger partial charge in [-0.3, -0.25) is 4.79 Å². The standard InChI is InChI=1S/C22H22N2O4/c25-19(22(27)11-12-28-15-22)14-24-20(26)13-18(16-7-3-1-4-8-16)21(23-24)17-9-5-2-6-10-17/h1-10,13,19,25,27H,11-12,14-15H2. The predicted octanol–water partition coefficient (Wildman–Crippen LogP) is 2.09. The Labute approximate surface area is 162 Å². The normalized spacial score (nSPS) is 20.2. The minimum Gasteiger partial charge on any atom is -0.388 e. The summed E-state index contributed by atoms with van der Waals surface area (Å²) in [6.45, 7) is 0.336. The first-order valence-corrected chi connectivity index (χ1v) is 9.28. The monoisotopic (exact) mass is 378 g/mol. The molecular weight excluding hydrogens is 356 g/mol. The van der Waals surface area contributed by atoms with Crippen LogP contribution >= 0.6 is 0 Å². The van der Waals surface area contributed by atoms with Crippen LogP contribution in [0.3, 0.4) is 0 Å². The molecule has 28 heavy (non-hydrogen) atoms. The number of benzene rings is 2. The Kier molecular flexibility index (Phi) is 5.09. The number of rotatable bonds is 5. The van der Waals surface area contributed by atoms with E-state index in [2.05, 4.69) is 5.10 Å². The highest BCUT2D eigenvalue weighted by atomic mass is 16.5. The summed E-state index contributed by atoms with van der Waals surface area (Å²) in [6, 6.07) is 20.7. The van der Waals surface area contributed by atoms with Crippen LogP contribution in [-0.4, -0.2) is 44.9 Å². The topological polar surface area (TPSA) is 84.6 Å².